The fourth-order valence-electron chi connectivity index (χ4n) is 3.71. The van der Waals surface area contributed by atoms with E-state index in [2.05, 4.69) is 6.92 Å². The summed E-state index contributed by atoms with van der Waals surface area (Å²) in [5, 5.41) is 20.2. The predicted molar refractivity (Wildman–Crippen MR) is 121 cm³/mol. The third-order valence-corrected chi connectivity index (χ3v) is 5.53. The molecule has 0 spiro atoms. The number of aliphatic hydroxyl groups is 1. The Morgan fingerprint density at radius 1 is 1.03 bits per heavy atom. The van der Waals surface area contributed by atoms with Gasteiger partial charge in [-0.25, -0.2) is 4.79 Å². The van der Waals surface area contributed by atoms with Gasteiger partial charge in [0.15, 0.2) is 0 Å². The maximum Gasteiger partial charge on any atom is 0.335 e. The molecule has 3 rings (SSSR count). The Bertz CT molecular complexity index is 1110. The van der Waals surface area contributed by atoms with Gasteiger partial charge in [0.2, 0.25) is 5.43 Å². The van der Waals surface area contributed by atoms with E-state index in [1.807, 2.05) is 6.92 Å². The summed E-state index contributed by atoms with van der Waals surface area (Å²) in [5.41, 5.74) is 0.770. The molecule has 0 radical (unpaired) electrons. The van der Waals surface area contributed by atoms with Crippen LogP contribution >= 0.6 is 0 Å². The molecule has 0 aliphatic carbocycles. The lowest BCUT2D eigenvalue weighted by Crippen LogP contribution is -2.08. The van der Waals surface area contributed by atoms with E-state index in [1.165, 1.54) is 43.9 Å². The van der Waals surface area contributed by atoms with E-state index in [0.29, 0.717) is 29.9 Å². The standard InChI is InChI=1S/C25H30O6/c1-3-5-6-7-8-9-12-30-17-14-18(21(26)4-2)24-20(15-17)23(27)19-13-16(25(28)29)10-11-22(19)31-24/h10-11,13-15,21,26H,3-9,12H2,1-2H3,(H,28,29). The van der Waals surface area contributed by atoms with Gasteiger partial charge < -0.3 is 19.4 Å². The number of fused-ring (bicyclic) bond motifs is 2. The van der Waals surface area contributed by atoms with Crippen molar-refractivity contribution in [3.8, 4) is 5.75 Å². The van der Waals surface area contributed by atoms with Crippen LogP contribution in [0.5, 0.6) is 5.75 Å². The Balaban J connectivity index is 1.96. The fraction of sp³-hybridized carbons (Fsp3) is 0.440. The number of hydrogen-bond acceptors (Lipinski definition) is 5. The van der Waals surface area contributed by atoms with Gasteiger partial charge in [-0.05, 0) is 43.2 Å². The van der Waals surface area contributed by atoms with E-state index < -0.39 is 12.1 Å². The zero-order valence-corrected chi connectivity index (χ0v) is 18.1. The molecule has 1 aromatic heterocycles. The average Bonchev–Trinajstić information content (AvgIpc) is 2.77. The summed E-state index contributed by atoms with van der Waals surface area (Å²) < 4.78 is 11.8. The van der Waals surface area contributed by atoms with Crippen molar-refractivity contribution < 1.29 is 24.2 Å². The maximum absolute atomic E-state index is 13.2. The molecule has 1 atom stereocenters. The molecule has 2 N–H and O–H groups in total. The van der Waals surface area contributed by atoms with Crippen LogP contribution in [0.2, 0.25) is 0 Å². The Morgan fingerprint density at radius 3 is 2.48 bits per heavy atom. The maximum atomic E-state index is 13.2. The van der Waals surface area contributed by atoms with Crippen molar-refractivity contribution >= 4 is 27.9 Å². The molecule has 2 aromatic carbocycles. The largest absolute Gasteiger partial charge is 0.494 e. The van der Waals surface area contributed by atoms with Gasteiger partial charge in [0.1, 0.15) is 16.9 Å². The number of carboxylic acids is 1. The number of rotatable bonds is 11. The summed E-state index contributed by atoms with van der Waals surface area (Å²) in [5.74, 6) is -0.607. The fourth-order valence-corrected chi connectivity index (χ4v) is 3.71. The molecule has 0 aliphatic heterocycles. The highest BCUT2D eigenvalue weighted by Crippen LogP contribution is 2.32. The molecule has 1 heterocycles. The quantitative estimate of drug-likeness (QED) is 0.296. The second-order valence-electron chi connectivity index (χ2n) is 7.88. The molecule has 3 aromatic rings. The molecule has 0 saturated carbocycles. The second kappa shape index (κ2) is 10.4. The minimum absolute atomic E-state index is 0.0171. The Hall–Kier alpha value is -2.86. The SMILES string of the molecule is CCCCCCCCOc1cc(C(O)CC)c2oc3ccc(C(=O)O)cc3c(=O)c2c1. The van der Waals surface area contributed by atoms with Gasteiger partial charge in [-0.2, -0.15) is 0 Å². The van der Waals surface area contributed by atoms with Crippen LogP contribution in [0.25, 0.3) is 21.9 Å². The monoisotopic (exact) mass is 426 g/mol. The summed E-state index contributed by atoms with van der Waals surface area (Å²) in [4.78, 5) is 24.5. The van der Waals surface area contributed by atoms with Crippen LogP contribution in [0.15, 0.2) is 39.5 Å². The van der Waals surface area contributed by atoms with Crippen molar-refractivity contribution in [1.29, 1.82) is 0 Å². The zero-order valence-electron chi connectivity index (χ0n) is 18.1. The van der Waals surface area contributed by atoms with Crippen molar-refractivity contribution in [3.05, 3.63) is 51.7 Å². The van der Waals surface area contributed by atoms with E-state index in [1.54, 1.807) is 12.1 Å². The molecule has 0 aliphatic rings. The van der Waals surface area contributed by atoms with Crippen molar-refractivity contribution in [2.24, 2.45) is 0 Å². The number of carboxylic acid groups (broad SMARTS) is 1. The van der Waals surface area contributed by atoms with E-state index in [0.717, 1.165) is 12.8 Å². The van der Waals surface area contributed by atoms with Crippen molar-refractivity contribution in [2.45, 2.75) is 64.9 Å². The van der Waals surface area contributed by atoms with Gasteiger partial charge in [0.05, 0.1) is 29.0 Å². The molecule has 31 heavy (non-hydrogen) atoms. The van der Waals surface area contributed by atoms with Gasteiger partial charge in [-0.1, -0.05) is 46.0 Å². The Labute approximate surface area is 181 Å². The molecular weight excluding hydrogens is 396 g/mol. The molecule has 6 heteroatoms. The number of benzene rings is 2. The topological polar surface area (TPSA) is 97.0 Å². The molecule has 1 unspecified atom stereocenters. The van der Waals surface area contributed by atoms with Crippen LogP contribution < -0.4 is 10.2 Å². The number of aromatic carboxylic acids is 1. The lowest BCUT2D eigenvalue weighted by atomic mass is 10.0. The summed E-state index contributed by atoms with van der Waals surface area (Å²) in [6.07, 6.45) is 6.51. The lowest BCUT2D eigenvalue weighted by molar-refractivity contribution is 0.0697. The van der Waals surface area contributed by atoms with E-state index >= 15 is 0 Å². The van der Waals surface area contributed by atoms with E-state index in [4.69, 9.17) is 9.15 Å². The first-order valence-electron chi connectivity index (χ1n) is 11.0. The smallest absolute Gasteiger partial charge is 0.335 e. The van der Waals surface area contributed by atoms with Gasteiger partial charge in [0, 0.05) is 5.56 Å². The first kappa shape index (κ1) is 22.8. The first-order valence-corrected chi connectivity index (χ1v) is 11.0. The van der Waals surface area contributed by atoms with Crippen LogP contribution in [0, 0.1) is 0 Å². The third-order valence-electron chi connectivity index (χ3n) is 5.53. The number of hydrogen-bond donors (Lipinski definition) is 2. The number of ether oxygens (including phenoxy) is 1. The highest BCUT2D eigenvalue weighted by atomic mass is 16.5. The predicted octanol–water partition coefficient (Wildman–Crippen LogP) is 5.83. The number of unbranched alkanes of at least 4 members (excludes halogenated alkanes) is 5. The minimum atomic E-state index is -1.11. The summed E-state index contributed by atoms with van der Waals surface area (Å²) in [7, 11) is 0. The van der Waals surface area contributed by atoms with Crippen LogP contribution in [0.1, 0.15) is 80.8 Å². The molecule has 0 fully saturated rings. The number of aliphatic hydroxyl groups excluding tert-OH is 1. The van der Waals surface area contributed by atoms with Crippen molar-refractivity contribution in [2.75, 3.05) is 6.61 Å². The van der Waals surface area contributed by atoms with Gasteiger partial charge >= 0.3 is 5.97 Å². The molecular formula is C25H30O6. The van der Waals surface area contributed by atoms with Crippen LogP contribution in [0.4, 0.5) is 0 Å². The second-order valence-corrected chi connectivity index (χ2v) is 7.88. The third kappa shape index (κ3) is 5.25. The summed E-state index contributed by atoms with van der Waals surface area (Å²) >= 11 is 0. The molecule has 0 amide bonds. The first-order chi connectivity index (χ1) is 15.0. The molecule has 166 valence electrons. The van der Waals surface area contributed by atoms with E-state index in [-0.39, 0.29) is 27.3 Å². The lowest BCUT2D eigenvalue weighted by Gasteiger charge is -2.15. The summed E-state index contributed by atoms with van der Waals surface area (Å²) in [6, 6.07) is 7.55. The zero-order chi connectivity index (χ0) is 22.4. The van der Waals surface area contributed by atoms with Crippen LogP contribution in [-0.2, 0) is 0 Å². The number of carbonyl (C=O) groups is 1. The highest BCUT2D eigenvalue weighted by Gasteiger charge is 2.19. The van der Waals surface area contributed by atoms with Crippen molar-refractivity contribution in [1.82, 2.24) is 0 Å². The molecule has 0 bridgehead atoms. The molecule has 0 saturated heterocycles. The van der Waals surface area contributed by atoms with Crippen LogP contribution in [-0.4, -0.2) is 22.8 Å². The van der Waals surface area contributed by atoms with Gasteiger partial charge in [0.25, 0.3) is 0 Å². The summed E-state index contributed by atoms with van der Waals surface area (Å²) in [6.45, 7) is 4.56. The van der Waals surface area contributed by atoms with E-state index in [9.17, 15) is 19.8 Å². The normalized spacial score (nSPS) is 12.4. The highest BCUT2D eigenvalue weighted by molar-refractivity contribution is 5.96. The minimum Gasteiger partial charge on any atom is -0.494 e. The average molecular weight is 427 g/mol. The van der Waals surface area contributed by atoms with Crippen molar-refractivity contribution in [3.63, 3.8) is 0 Å². The Kier molecular flexibility index (Phi) is 7.69. The Morgan fingerprint density at radius 2 is 1.77 bits per heavy atom. The van der Waals surface area contributed by atoms with Gasteiger partial charge in [-0.3, -0.25) is 4.79 Å². The van der Waals surface area contributed by atoms with Crippen LogP contribution in [0.3, 0.4) is 0 Å². The molecule has 6 nitrogen and oxygen atoms in total. The van der Waals surface area contributed by atoms with Gasteiger partial charge in [-0.15, -0.1) is 0 Å².